The van der Waals surface area contributed by atoms with Gasteiger partial charge in [0.2, 0.25) is 5.95 Å². The average molecular weight is 566 g/mol. The first-order valence-electron chi connectivity index (χ1n) is 13.1. The Labute approximate surface area is 239 Å². The van der Waals surface area contributed by atoms with E-state index in [1.165, 1.54) is 0 Å². The van der Waals surface area contributed by atoms with E-state index in [-0.39, 0.29) is 11.4 Å². The molecule has 0 aromatic carbocycles. The summed E-state index contributed by atoms with van der Waals surface area (Å²) in [4.78, 5) is 35.0. The van der Waals surface area contributed by atoms with Gasteiger partial charge >= 0.3 is 0 Å². The summed E-state index contributed by atoms with van der Waals surface area (Å²) >= 11 is 0. The number of aromatic nitrogens is 7. The number of morpholine rings is 1. The lowest BCUT2D eigenvalue weighted by Gasteiger charge is -2.26. The summed E-state index contributed by atoms with van der Waals surface area (Å²) in [6.45, 7) is 3.10. The van der Waals surface area contributed by atoms with Crippen LogP contribution in [0, 0.1) is 0 Å². The molecule has 1 fully saturated rings. The maximum Gasteiger partial charge on any atom is 0.267 e. The number of carbonyl (C=O) groups is 1. The van der Waals surface area contributed by atoms with Crippen molar-refractivity contribution in [3.8, 4) is 34.0 Å². The van der Waals surface area contributed by atoms with Gasteiger partial charge < -0.3 is 34.0 Å². The topological polar surface area (TPSA) is 158 Å². The van der Waals surface area contributed by atoms with E-state index < -0.39 is 5.91 Å². The number of methoxy groups -OCH3 is 1. The number of nitrogens with zero attached hydrogens (tertiary/aromatic N) is 8. The largest absolute Gasteiger partial charge is 0.506 e. The first-order chi connectivity index (χ1) is 20.5. The fourth-order valence-corrected chi connectivity index (χ4v) is 4.42. The van der Waals surface area contributed by atoms with Crippen molar-refractivity contribution in [3.63, 3.8) is 0 Å². The van der Waals surface area contributed by atoms with E-state index in [0.29, 0.717) is 11.3 Å². The van der Waals surface area contributed by atoms with E-state index >= 15 is 0 Å². The number of rotatable bonds is 5. The van der Waals surface area contributed by atoms with Crippen LogP contribution in [0.5, 0.6) is 11.5 Å². The molecule has 0 saturated carbocycles. The molecule has 13 heteroatoms. The summed E-state index contributed by atoms with van der Waals surface area (Å²) in [6.07, 6.45) is 12.4. The summed E-state index contributed by atoms with van der Waals surface area (Å²) in [6, 6.07) is 10.4. The zero-order valence-electron chi connectivity index (χ0n) is 22.7. The van der Waals surface area contributed by atoms with E-state index in [4.69, 9.17) is 15.2 Å². The number of hydrogen-bond acceptors (Lipinski definition) is 10. The molecule has 1 aliphatic rings. The van der Waals surface area contributed by atoms with Crippen LogP contribution in [-0.4, -0.2) is 78.1 Å². The molecule has 1 saturated heterocycles. The molecule has 42 heavy (non-hydrogen) atoms. The van der Waals surface area contributed by atoms with Gasteiger partial charge in [-0.3, -0.25) is 9.78 Å². The Hall–Kier alpha value is -5.56. The number of primary amides is 1. The summed E-state index contributed by atoms with van der Waals surface area (Å²) < 4.78 is 14.2. The highest BCUT2D eigenvalue weighted by Crippen LogP contribution is 2.22. The van der Waals surface area contributed by atoms with Crippen molar-refractivity contribution in [2.75, 3.05) is 38.3 Å². The third-order valence-corrected chi connectivity index (χ3v) is 6.63. The molecule has 3 N–H and O–H groups in total. The molecule has 6 aromatic rings. The summed E-state index contributed by atoms with van der Waals surface area (Å²) in [5, 5.41) is 9.40. The van der Waals surface area contributed by atoms with Crippen molar-refractivity contribution in [3.05, 3.63) is 85.5 Å². The van der Waals surface area contributed by atoms with Crippen LogP contribution in [0.25, 0.3) is 33.8 Å². The molecule has 1 aliphatic heterocycles. The Morgan fingerprint density at radius 1 is 0.833 bits per heavy atom. The second kappa shape index (κ2) is 11.5. The second-order valence-electron chi connectivity index (χ2n) is 9.41. The third kappa shape index (κ3) is 5.67. The molecule has 0 bridgehead atoms. The molecule has 6 aromatic heterocycles. The van der Waals surface area contributed by atoms with E-state index in [1.807, 2.05) is 41.3 Å². The van der Waals surface area contributed by atoms with Crippen LogP contribution < -0.4 is 15.4 Å². The Morgan fingerprint density at radius 2 is 1.48 bits per heavy atom. The average Bonchev–Trinajstić information content (AvgIpc) is 3.66. The lowest BCUT2D eigenvalue weighted by atomic mass is 10.2. The predicted molar refractivity (Wildman–Crippen MR) is 154 cm³/mol. The van der Waals surface area contributed by atoms with Crippen molar-refractivity contribution in [2.45, 2.75) is 0 Å². The quantitative estimate of drug-likeness (QED) is 0.318. The number of carbonyl (C=O) groups excluding carboxylic acids is 1. The molecule has 7 rings (SSSR count). The molecule has 7 heterocycles. The fraction of sp³-hybridized carbons (Fsp3) is 0.172. The van der Waals surface area contributed by atoms with E-state index in [2.05, 4.69) is 29.8 Å². The van der Waals surface area contributed by atoms with Gasteiger partial charge in [-0.1, -0.05) is 0 Å². The number of amides is 1. The van der Waals surface area contributed by atoms with Crippen LogP contribution >= 0.6 is 0 Å². The SMILES string of the molecule is COc1ccc2nc(-c3cnc(N4CCOCC4)nc3)cn2c1.NC(=O)c1ccc(-c2cn3cc(O)ccc3n2)cn1. The van der Waals surface area contributed by atoms with E-state index in [9.17, 15) is 9.90 Å². The highest BCUT2D eigenvalue weighted by molar-refractivity contribution is 5.91. The molecule has 212 valence electrons. The molecule has 0 aliphatic carbocycles. The Morgan fingerprint density at radius 3 is 2.12 bits per heavy atom. The smallest absolute Gasteiger partial charge is 0.267 e. The van der Waals surface area contributed by atoms with Crippen molar-refractivity contribution in [2.24, 2.45) is 5.73 Å². The Balaban J connectivity index is 0.000000153. The van der Waals surface area contributed by atoms with Crippen molar-refractivity contribution < 1.29 is 19.4 Å². The highest BCUT2D eigenvalue weighted by Gasteiger charge is 2.14. The van der Waals surface area contributed by atoms with E-state index in [0.717, 1.165) is 60.5 Å². The van der Waals surface area contributed by atoms with Gasteiger partial charge in [-0.05, 0) is 36.4 Å². The van der Waals surface area contributed by atoms with Crippen LogP contribution in [0.2, 0.25) is 0 Å². The molecule has 0 radical (unpaired) electrons. The first kappa shape index (κ1) is 26.7. The lowest BCUT2D eigenvalue weighted by Crippen LogP contribution is -2.37. The Bertz CT molecular complexity index is 1840. The number of nitrogens with two attached hydrogens (primary N) is 1. The van der Waals surface area contributed by atoms with Crippen LogP contribution in [0.4, 0.5) is 5.95 Å². The van der Waals surface area contributed by atoms with Crippen molar-refractivity contribution >= 4 is 23.1 Å². The normalized spacial score (nSPS) is 13.1. The molecular weight excluding hydrogens is 538 g/mol. The number of pyridine rings is 3. The number of aromatic hydroxyl groups is 1. The van der Waals surface area contributed by atoms with Gasteiger partial charge in [0.15, 0.2) is 0 Å². The molecule has 0 atom stereocenters. The van der Waals surface area contributed by atoms with Gasteiger partial charge in [-0.2, -0.15) is 0 Å². The second-order valence-corrected chi connectivity index (χ2v) is 9.41. The number of imidazole rings is 2. The zero-order chi connectivity index (χ0) is 29.1. The minimum absolute atomic E-state index is 0.165. The van der Waals surface area contributed by atoms with E-state index in [1.54, 1.807) is 54.4 Å². The summed E-state index contributed by atoms with van der Waals surface area (Å²) in [5.74, 6) is 1.13. The van der Waals surface area contributed by atoms with Gasteiger partial charge in [0, 0.05) is 55.2 Å². The van der Waals surface area contributed by atoms with Gasteiger partial charge in [0.05, 0.1) is 44.1 Å². The van der Waals surface area contributed by atoms with Crippen molar-refractivity contribution in [1.29, 1.82) is 0 Å². The maximum absolute atomic E-state index is 10.9. The number of fused-ring (bicyclic) bond motifs is 2. The van der Waals surface area contributed by atoms with Crippen LogP contribution in [-0.2, 0) is 4.74 Å². The minimum atomic E-state index is -0.563. The monoisotopic (exact) mass is 565 g/mol. The van der Waals surface area contributed by atoms with Crippen LogP contribution in [0.1, 0.15) is 10.5 Å². The maximum atomic E-state index is 10.9. The first-order valence-corrected chi connectivity index (χ1v) is 13.1. The number of hydrogen-bond donors (Lipinski definition) is 2. The molecule has 1 amide bonds. The molecule has 0 spiro atoms. The summed E-state index contributed by atoms with van der Waals surface area (Å²) in [7, 11) is 1.65. The highest BCUT2D eigenvalue weighted by atomic mass is 16.5. The molecule has 0 unspecified atom stereocenters. The van der Waals surface area contributed by atoms with Crippen LogP contribution in [0.3, 0.4) is 0 Å². The van der Waals surface area contributed by atoms with Gasteiger partial charge in [0.25, 0.3) is 5.91 Å². The standard InChI is InChI=1S/C16H17N5O2.C13H10N4O2/c1-22-13-2-3-15-19-14(11-21(15)10-13)12-8-17-16(18-9-12)20-4-6-23-7-5-20;14-13(19)10-3-1-8(5-15-10)11-7-17-6-9(18)2-4-12(17)16-11/h2-3,8-11H,4-7H2,1H3;1-7,18H,(H2,14,19). The van der Waals surface area contributed by atoms with Gasteiger partial charge in [-0.15, -0.1) is 0 Å². The molecule has 13 nitrogen and oxygen atoms in total. The zero-order valence-corrected chi connectivity index (χ0v) is 22.7. The van der Waals surface area contributed by atoms with Crippen molar-refractivity contribution in [1.82, 2.24) is 33.7 Å². The Kier molecular flexibility index (Phi) is 7.30. The van der Waals surface area contributed by atoms with Crippen LogP contribution in [0.15, 0.2) is 79.8 Å². The predicted octanol–water partition coefficient (Wildman–Crippen LogP) is 2.84. The molecular formula is C29H27N9O4. The van der Waals surface area contributed by atoms with Gasteiger partial charge in [0.1, 0.15) is 28.5 Å². The minimum Gasteiger partial charge on any atom is -0.506 e. The summed E-state index contributed by atoms with van der Waals surface area (Å²) in [5.41, 5.74) is 10.1. The van der Waals surface area contributed by atoms with Gasteiger partial charge in [-0.25, -0.2) is 19.9 Å². The number of ether oxygens (including phenoxy) is 2. The fourth-order valence-electron chi connectivity index (χ4n) is 4.42. The third-order valence-electron chi connectivity index (χ3n) is 6.63. The number of anilines is 1. The lowest BCUT2D eigenvalue weighted by molar-refractivity contribution is 0.0995.